The summed E-state index contributed by atoms with van der Waals surface area (Å²) in [6, 6.07) is 10.5. The summed E-state index contributed by atoms with van der Waals surface area (Å²) in [4.78, 5) is 14.2. The average Bonchev–Trinajstić information content (AvgIpc) is 2.58. The number of likely N-dealkylation sites (N-methyl/N-ethyl adjacent to an activating group) is 1. The molecule has 7 heteroatoms. The van der Waals surface area contributed by atoms with E-state index in [1.165, 1.54) is 12.1 Å². The van der Waals surface area contributed by atoms with Gasteiger partial charge in [-0.05, 0) is 56.4 Å². The third-order valence-electron chi connectivity index (χ3n) is 3.76. The lowest BCUT2D eigenvalue weighted by molar-refractivity contribution is -0.120. The molecule has 4 nitrogen and oxygen atoms in total. The smallest absolute Gasteiger partial charge is 0.241 e. The Morgan fingerprint density at radius 3 is 2.56 bits per heavy atom. The molecule has 134 valence electrons. The zero-order valence-electron chi connectivity index (χ0n) is 13.9. The summed E-state index contributed by atoms with van der Waals surface area (Å²) in [6.45, 7) is 2.75. The standard InChI is InChI=1S/C18H19Cl2FN2O2/c1-12(18(24)22-17-8-5-14(21)11-16(17)20)23(2)9-10-25-15-6-3-13(19)4-7-15/h3-8,11-12H,9-10H2,1-2H3,(H,22,24)/t12-/m0/s1. The molecule has 0 spiro atoms. The van der Waals surface area contributed by atoms with E-state index in [1.807, 2.05) is 11.9 Å². The molecule has 0 heterocycles. The topological polar surface area (TPSA) is 41.6 Å². The van der Waals surface area contributed by atoms with Crippen LogP contribution in [0.5, 0.6) is 5.75 Å². The first kappa shape index (κ1) is 19.5. The number of nitrogens with zero attached hydrogens (tertiary/aromatic N) is 1. The normalized spacial score (nSPS) is 12.1. The second-order valence-electron chi connectivity index (χ2n) is 5.57. The summed E-state index contributed by atoms with van der Waals surface area (Å²) >= 11 is 11.7. The number of carbonyl (C=O) groups excluding carboxylic acids is 1. The molecule has 2 rings (SSSR count). The molecule has 0 fully saturated rings. The van der Waals surface area contributed by atoms with Crippen LogP contribution in [0.25, 0.3) is 0 Å². The van der Waals surface area contributed by atoms with Gasteiger partial charge in [-0.25, -0.2) is 4.39 Å². The molecular weight excluding hydrogens is 366 g/mol. The second kappa shape index (κ2) is 9.04. The molecular formula is C18H19Cl2FN2O2. The number of amides is 1. The highest BCUT2D eigenvalue weighted by molar-refractivity contribution is 6.33. The van der Waals surface area contributed by atoms with E-state index in [9.17, 15) is 9.18 Å². The van der Waals surface area contributed by atoms with E-state index in [1.54, 1.807) is 31.2 Å². The molecule has 2 aromatic carbocycles. The minimum atomic E-state index is -0.451. The van der Waals surface area contributed by atoms with Crippen molar-refractivity contribution in [2.75, 3.05) is 25.5 Å². The Morgan fingerprint density at radius 2 is 1.92 bits per heavy atom. The molecule has 0 radical (unpaired) electrons. The van der Waals surface area contributed by atoms with Gasteiger partial charge >= 0.3 is 0 Å². The van der Waals surface area contributed by atoms with Crippen molar-refractivity contribution in [1.82, 2.24) is 4.90 Å². The highest BCUT2D eigenvalue weighted by Gasteiger charge is 2.19. The number of rotatable bonds is 7. The molecule has 0 bridgehead atoms. The van der Waals surface area contributed by atoms with Crippen molar-refractivity contribution < 1.29 is 13.9 Å². The largest absolute Gasteiger partial charge is 0.492 e. The Hall–Kier alpha value is -1.82. The van der Waals surface area contributed by atoms with E-state index in [-0.39, 0.29) is 10.9 Å². The summed E-state index contributed by atoms with van der Waals surface area (Å²) in [6.07, 6.45) is 0. The Balaban J connectivity index is 1.82. The van der Waals surface area contributed by atoms with Crippen molar-refractivity contribution in [3.05, 3.63) is 58.3 Å². The van der Waals surface area contributed by atoms with Crippen LogP contribution in [0.3, 0.4) is 0 Å². The van der Waals surface area contributed by atoms with Gasteiger partial charge in [0.25, 0.3) is 0 Å². The predicted octanol–water partition coefficient (Wildman–Crippen LogP) is 4.47. The number of benzene rings is 2. The minimum absolute atomic E-state index is 0.161. The summed E-state index contributed by atoms with van der Waals surface area (Å²) < 4.78 is 18.7. The molecule has 1 atom stereocenters. The zero-order valence-corrected chi connectivity index (χ0v) is 15.4. The molecule has 2 aromatic rings. The average molecular weight is 385 g/mol. The van der Waals surface area contributed by atoms with Crippen LogP contribution in [0, 0.1) is 5.82 Å². The molecule has 0 aliphatic rings. The van der Waals surface area contributed by atoms with E-state index >= 15 is 0 Å². The van der Waals surface area contributed by atoms with E-state index < -0.39 is 11.9 Å². The molecule has 0 saturated heterocycles. The van der Waals surface area contributed by atoms with Crippen molar-refractivity contribution in [2.24, 2.45) is 0 Å². The van der Waals surface area contributed by atoms with Crippen LogP contribution in [-0.4, -0.2) is 37.0 Å². The van der Waals surface area contributed by atoms with Crippen LogP contribution >= 0.6 is 23.2 Å². The quantitative estimate of drug-likeness (QED) is 0.765. The number of halogens is 3. The first-order valence-corrected chi connectivity index (χ1v) is 8.47. The van der Waals surface area contributed by atoms with Gasteiger partial charge < -0.3 is 10.1 Å². The number of hydrogen-bond acceptors (Lipinski definition) is 3. The zero-order chi connectivity index (χ0) is 18.4. The number of hydrogen-bond donors (Lipinski definition) is 1. The van der Waals surface area contributed by atoms with Gasteiger partial charge in [0, 0.05) is 11.6 Å². The molecule has 0 unspecified atom stereocenters. The maximum atomic E-state index is 13.0. The van der Waals surface area contributed by atoms with Crippen LogP contribution in [0.1, 0.15) is 6.92 Å². The van der Waals surface area contributed by atoms with Crippen LogP contribution < -0.4 is 10.1 Å². The number of anilines is 1. The molecule has 0 saturated carbocycles. The van der Waals surface area contributed by atoms with Crippen LogP contribution in [-0.2, 0) is 4.79 Å². The lowest BCUT2D eigenvalue weighted by Crippen LogP contribution is -2.41. The van der Waals surface area contributed by atoms with Crippen molar-refractivity contribution >= 4 is 34.8 Å². The summed E-state index contributed by atoms with van der Waals surface area (Å²) in [5, 5.41) is 3.51. The fourth-order valence-corrected chi connectivity index (χ4v) is 2.40. The number of carbonyl (C=O) groups is 1. The second-order valence-corrected chi connectivity index (χ2v) is 6.42. The van der Waals surface area contributed by atoms with Gasteiger partial charge in [0.05, 0.1) is 16.8 Å². The monoisotopic (exact) mass is 384 g/mol. The maximum absolute atomic E-state index is 13.0. The fraction of sp³-hybridized carbons (Fsp3) is 0.278. The summed E-state index contributed by atoms with van der Waals surface area (Å²) in [5.74, 6) is 0.0306. The number of nitrogens with one attached hydrogen (secondary N) is 1. The van der Waals surface area contributed by atoms with E-state index in [4.69, 9.17) is 27.9 Å². The summed E-state index contributed by atoms with van der Waals surface area (Å²) in [5.41, 5.74) is 0.380. The highest BCUT2D eigenvalue weighted by Crippen LogP contribution is 2.22. The Morgan fingerprint density at radius 1 is 1.24 bits per heavy atom. The van der Waals surface area contributed by atoms with E-state index in [0.29, 0.717) is 29.6 Å². The van der Waals surface area contributed by atoms with Gasteiger partial charge in [0.15, 0.2) is 0 Å². The van der Waals surface area contributed by atoms with Crippen molar-refractivity contribution in [3.63, 3.8) is 0 Å². The van der Waals surface area contributed by atoms with Gasteiger partial charge in [-0.3, -0.25) is 9.69 Å². The van der Waals surface area contributed by atoms with Gasteiger partial charge in [0.2, 0.25) is 5.91 Å². The summed E-state index contributed by atoms with van der Waals surface area (Å²) in [7, 11) is 1.82. The Labute approximate surface area is 156 Å². The highest BCUT2D eigenvalue weighted by atomic mass is 35.5. The lowest BCUT2D eigenvalue weighted by Gasteiger charge is -2.24. The molecule has 25 heavy (non-hydrogen) atoms. The molecule has 0 aliphatic heterocycles. The SMILES string of the molecule is C[C@@H](C(=O)Nc1ccc(F)cc1Cl)N(C)CCOc1ccc(Cl)cc1. The fourth-order valence-electron chi connectivity index (χ4n) is 2.06. The lowest BCUT2D eigenvalue weighted by atomic mass is 10.2. The maximum Gasteiger partial charge on any atom is 0.241 e. The van der Waals surface area contributed by atoms with Gasteiger partial charge in [-0.2, -0.15) is 0 Å². The Kier molecular flexibility index (Phi) is 7.05. The van der Waals surface area contributed by atoms with Gasteiger partial charge in [-0.15, -0.1) is 0 Å². The molecule has 0 aliphatic carbocycles. The number of ether oxygens (including phenoxy) is 1. The first-order valence-electron chi connectivity index (χ1n) is 7.71. The Bertz CT molecular complexity index is 726. The van der Waals surface area contributed by atoms with Crippen LogP contribution in [0.4, 0.5) is 10.1 Å². The third kappa shape index (κ3) is 5.88. The van der Waals surface area contributed by atoms with E-state index in [2.05, 4.69) is 5.32 Å². The van der Waals surface area contributed by atoms with E-state index in [0.717, 1.165) is 6.07 Å². The third-order valence-corrected chi connectivity index (χ3v) is 4.32. The minimum Gasteiger partial charge on any atom is -0.492 e. The van der Waals surface area contributed by atoms with Crippen molar-refractivity contribution in [3.8, 4) is 5.75 Å². The molecule has 0 aromatic heterocycles. The molecule has 1 amide bonds. The van der Waals surface area contributed by atoms with Gasteiger partial charge in [0.1, 0.15) is 18.2 Å². The van der Waals surface area contributed by atoms with Crippen LogP contribution in [0.15, 0.2) is 42.5 Å². The van der Waals surface area contributed by atoms with Crippen molar-refractivity contribution in [2.45, 2.75) is 13.0 Å². The molecule has 1 N–H and O–H groups in total. The predicted molar refractivity (Wildman–Crippen MR) is 99.1 cm³/mol. The first-order chi connectivity index (χ1) is 11.9. The van der Waals surface area contributed by atoms with Crippen molar-refractivity contribution in [1.29, 1.82) is 0 Å². The van der Waals surface area contributed by atoms with Crippen LogP contribution in [0.2, 0.25) is 10.0 Å². The van der Waals surface area contributed by atoms with Gasteiger partial charge in [-0.1, -0.05) is 23.2 Å².